The Hall–Kier alpha value is -3.62. The highest BCUT2D eigenvalue weighted by atomic mass is 35.5. The molecule has 9 heteroatoms. The molecule has 0 unspecified atom stereocenters. The van der Waals surface area contributed by atoms with Gasteiger partial charge in [-0.3, -0.25) is 9.10 Å². The minimum atomic E-state index is -3.86. The van der Waals surface area contributed by atoms with Crippen molar-refractivity contribution in [3.8, 4) is 0 Å². The maximum absolute atomic E-state index is 13.2. The minimum Gasteiger partial charge on any atom is -0.307 e. The van der Waals surface area contributed by atoms with Crippen molar-refractivity contribution in [1.29, 1.82) is 0 Å². The van der Waals surface area contributed by atoms with Crippen LogP contribution in [0.1, 0.15) is 21.5 Å². The predicted molar refractivity (Wildman–Crippen MR) is 134 cm³/mol. The second-order valence-corrected chi connectivity index (χ2v) is 10.1. The van der Waals surface area contributed by atoms with Crippen molar-refractivity contribution in [2.75, 3.05) is 16.7 Å². The summed E-state index contributed by atoms with van der Waals surface area (Å²) in [6.07, 6.45) is 1.57. The van der Waals surface area contributed by atoms with Gasteiger partial charge in [0.05, 0.1) is 23.3 Å². The molecule has 0 saturated carbocycles. The zero-order valence-corrected chi connectivity index (χ0v) is 20.2. The van der Waals surface area contributed by atoms with Crippen LogP contribution in [0.15, 0.2) is 90.0 Å². The molecule has 4 rings (SSSR count). The predicted octanol–water partition coefficient (Wildman–Crippen LogP) is 4.97. The van der Waals surface area contributed by atoms with Crippen molar-refractivity contribution < 1.29 is 13.2 Å². The summed E-state index contributed by atoms with van der Waals surface area (Å²) in [4.78, 5) is 13.0. The smallest absolute Gasteiger partial charge is 0.264 e. The van der Waals surface area contributed by atoms with Crippen LogP contribution in [0.5, 0.6) is 0 Å². The van der Waals surface area contributed by atoms with E-state index in [0.29, 0.717) is 23.1 Å². The number of carbonyl (C=O) groups is 1. The Balaban J connectivity index is 1.55. The SMILES string of the molecule is Cc1ccc(N(C)S(=O)(=O)c2cccc(C(=O)Nc3ccnn3Cc3ccccc3Cl)c2)cc1. The molecule has 1 heterocycles. The van der Waals surface area contributed by atoms with Gasteiger partial charge in [-0.25, -0.2) is 13.1 Å². The maximum atomic E-state index is 13.2. The first-order valence-corrected chi connectivity index (χ1v) is 12.3. The number of halogens is 1. The Labute approximate surface area is 203 Å². The molecule has 0 radical (unpaired) electrons. The van der Waals surface area contributed by atoms with Crippen LogP contribution in [-0.4, -0.2) is 31.2 Å². The van der Waals surface area contributed by atoms with Gasteiger partial charge in [-0.2, -0.15) is 5.10 Å². The number of anilines is 2. The Kier molecular flexibility index (Phi) is 6.72. The molecule has 0 fully saturated rings. The molecule has 174 valence electrons. The molecule has 0 bridgehead atoms. The van der Waals surface area contributed by atoms with E-state index >= 15 is 0 Å². The van der Waals surface area contributed by atoms with Crippen molar-refractivity contribution in [2.45, 2.75) is 18.4 Å². The van der Waals surface area contributed by atoms with Crippen molar-refractivity contribution in [3.05, 3.63) is 107 Å². The lowest BCUT2D eigenvalue weighted by atomic mass is 10.2. The third-order valence-electron chi connectivity index (χ3n) is 5.39. The van der Waals surface area contributed by atoms with Crippen LogP contribution in [0.25, 0.3) is 0 Å². The summed E-state index contributed by atoms with van der Waals surface area (Å²) in [6.45, 7) is 2.30. The van der Waals surface area contributed by atoms with Gasteiger partial charge in [0.15, 0.2) is 0 Å². The summed E-state index contributed by atoms with van der Waals surface area (Å²) in [5.41, 5.74) is 2.63. The number of carbonyl (C=O) groups excluding carboxylic acids is 1. The number of rotatable bonds is 7. The number of benzene rings is 3. The third kappa shape index (κ3) is 4.98. The number of nitrogens with zero attached hydrogens (tertiary/aromatic N) is 3. The molecule has 0 aliphatic heterocycles. The van der Waals surface area contributed by atoms with Gasteiger partial charge in [0.2, 0.25) is 0 Å². The van der Waals surface area contributed by atoms with Gasteiger partial charge in [0.25, 0.3) is 15.9 Å². The second-order valence-electron chi connectivity index (χ2n) is 7.76. The highest BCUT2D eigenvalue weighted by molar-refractivity contribution is 7.92. The molecule has 0 saturated heterocycles. The molecule has 1 N–H and O–H groups in total. The van der Waals surface area contributed by atoms with Gasteiger partial charge in [-0.1, -0.05) is 53.6 Å². The van der Waals surface area contributed by atoms with Gasteiger partial charge in [-0.05, 0) is 48.9 Å². The van der Waals surface area contributed by atoms with Crippen molar-refractivity contribution in [3.63, 3.8) is 0 Å². The molecule has 1 amide bonds. The Morgan fingerprint density at radius 2 is 1.76 bits per heavy atom. The highest BCUT2D eigenvalue weighted by Crippen LogP contribution is 2.24. The molecule has 0 aliphatic carbocycles. The number of amides is 1. The number of aromatic nitrogens is 2. The largest absolute Gasteiger partial charge is 0.307 e. The standard InChI is InChI=1S/C25H23ClN4O3S/c1-18-10-12-21(13-11-18)29(2)34(32,33)22-8-5-7-19(16-22)25(31)28-24-14-15-27-30(24)17-20-6-3-4-9-23(20)26/h3-16H,17H2,1-2H3,(H,28,31). The van der Waals surface area contributed by atoms with Gasteiger partial charge in [-0.15, -0.1) is 0 Å². The van der Waals surface area contributed by atoms with Crippen LogP contribution in [0.4, 0.5) is 11.5 Å². The molecular weight excluding hydrogens is 472 g/mol. The lowest BCUT2D eigenvalue weighted by Crippen LogP contribution is -2.27. The van der Waals surface area contributed by atoms with E-state index in [4.69, 9.17) is 11.6 Å². The summed E-state index contributed by atoms with van der Waals surface area (Å²) in [6, 6.07) is 22.2. The maximum Gasteiger partial charge on any atom is 0.264 e. The zero-order chi connectivity index (χ0) is 24.3. The summed E-state index contributed by atoms with van der Waals surface area (Å²) >= 11 is 6.24. The van der Waals surface area contributed by atoms with Gasteiger partial charge in [0, 0.05) is 23.7 Å². The quantitative estimate of drug-likeness (QED) is 0.393. The lowest BCUT2D eigenvalue weighted by molar-refractivity contribution is 0.102. The van der Waals surface area contributed by atoms with E-state index in [1.807, 2.05) is 37.3 Å². The van der Waals surface area contributed by atoms with E-state index in [0.717, 1.165) is 11.1 Å². The highest BCUT2D eigenvalue weighted by Gasteiger charge is 2.22. The number of hydrogen-bond acceptors (Lipinski definition) is 4. The van der Waals surface area contributed by atoms with E-state index in [1.54, 1.807) is 47.3 Å². The summed E-state index contributed by atoms with van der Waals surface area (Å²) in [5.74, 6) is 0.0194. The Morgan fingerprint density at radius 1 is 1.03 bits per heavy atom. The Morgan fingerprint density at radius 3 is 2.50 bits per heavy atom. The first kappa shape index (κ1) is 23.5. The fraction of sp³-hybridized carbons (Fsp3) is 0.120. The molecule has 1 aromatic heterocycles. The van der Waals surface area contributed by atoms with Crippen LogP contribution >= 0.6 is 11.6 Å². The van der Waals surface area contributed by atoms with E-state index in [2.05, 4.69) is 10.4 Å². The minimum absolute atomic E-state index is 0.0211. The molecule has 4 aromatic rings. The summed E-state index contributed by atoms with van der Waals surface area (Å²) in [7, 11) is -2.37. The molecule has 0 atom stereocenters. The van der Waals surface area contributed by atoms with E-state index in [1.165, 1.54) is 23.5 Å². The number of nitrogens with one attached hydrogen (secondary N) is 1. The number of aryl methyl sites for hydroxylation is 1. The Bertz CT molecular complexity index is 1430. The second kappa shape index (κ2) is 9.70. The monoisotopic (exact) mass is 494 g/mol. The van der Waals surface area contributed by atoms with E-state index < -0.39 is 15.9 Å². The van der Waals surface area contributed by atoms with Crippen LogP contribution in [0.3, 0.4) is 0 Å². The number of hydrogen-bond donors (Lipinski definition) is 1. The van der Waals surface area contributed by atoms with E-state index in [-0.39, 0.29) is 10.5 Å². The molecule has 34 heavy (non-hydrogen) atoms. The average molecular weight is 495 g/mol. The first-order valence-electron chi connectivity index (χ1n) is 10.5. The topological polar surface area (TPSA) is 84.3 Å². The van der Waals surface area contributed by atoms with Crippen LogP contribution in [-0.2, 0) is 16.6 Å². The molecule has 7 nitrogen and oxygen atoms in total. The lowest BCUT2D eigenvalue weighted by Gasteiger charge is -2.20. The summed E-state index contributed by atoms with van der Waals surface area (Å²) < 4.78 is 29.1. The van der Waals surface area contributed by atoms with Crippen molar-refractivity contribution in [1.82, 2.24) is 9.78 Å². The third-order valence-corrected chi connectivity index (χ3v) is 7.54. The average Bonchev–Trinajstić information content (AvgIpc) is 3.27. The molecule has 0 spiro atoms. The zero-order valence-electron chi connectivity index (χ0n) is 18.6. The van der Waals surface area contributed by atoms with Gasteiger partial charge in [0.1, 0.15) is 5.82 Å². The fourth-order valence-corrected chi connectivity index (χ4v) is 4.83. The van der Waals surface area contributed by atoms with Crippen LogP contribution in [0, 0.1) is 6.92 Å². The fourth-order valence-electron chi connectivity index (χ4n) is 3.39. The van der Waals surface area contributed by atoms with Gasteiger partial charge >= 0.3 is 0 Å². The van der Waals surface area contributed by atoms with Crippen molar-refractivity contribution in [2.24, 2.45) is 0 Å². The molecule has 0 aliphatic rings. The molecule has 3 aromatic carbocycles. The van der Waals surface area contributed by atoms with Crippen LogP contribution in [0.2, 0.25) is 5.02 Å². The number of sulfonamides is 1. The van der Waals surface area contributed by atoms with Crippen molar-refractivity contribution >= 4 is 39.0 Å². The molecular formula is C25H23ClN4O3S. The first-order chi connectivity index (χ1) is 16.3. The normalized spacial score (nSPS) is 11.3. The van der Waals surface area contributed by atoms with E-state index in [9.17, 15) is 13.2 Å². The van der Waals surface area contributed by atoms with Gasteiger partial charge < -0.3 is 5.32 Å². The summed E-state index contributed by atoms with van der Waals surface area (Å²) in [5, 5.41) is 7.66. The van der Waals surface area contributed by atoms with Crippen LogP contribution < -0.4 is 9.62 Å².